The third-order valence-electron chi connectivity index (χ3n) is 2.78. The summed E-state index contributed by atoms with van der Waals surface area (Å²) >= 11 is 0. The van der Waals surface area contributed by atoms with Crippen LogP contribution < -0.4 is 0 Å². The van der Waals surface area contributed by atoms with Crippen LogP contribution in [0.25, 0.3) is 11.3 Å². The Morgan fingerprint density at radius 1 is 1.15 bits per heavy atom. The predicted octanol–water partition coefficient (Wildman–Crippen LogP) is 2.43. The van der Waals surface area contributed by atoms with Gasteiger partial charge in [0, 0.05) is 18.7 Å². The van der Waals surface area contributed by atoms with Crippen LogP contribution in [0.2, 0.25) is 0 Å². The fraction of sp³-hybridized carbons (Fsp3) is 0.385. The van der Waals surface area contributed by atoms with Crippen molar-refractivity contribution in [1.82, 2.24) is 15.0 Å². The molecule has 2 aromatic rings. The van der Waals surface area contributed by atoms with E-state index in [1.54, 1.807) is 30.3 Å². The second-order valence-electron chi connectivity index (χ2n) is 4.34. The topological polar surface area (TPSA) is 50.9 Å². The van der Waals surface area contributed by atoms with Gasteiger partial charge in [0.25, 0.3) is 0 Å². The Morgan fingerprint density at radius 3 is 2.45 bits per heavy atom. The number of aliphatic hydroxyl groups is 1. The summed E-state index contributed by atoms with van der Waals surface area (Å²) in [4.78, 5) is 0. The second-order valence-corrected chi connectivity index (χ2v) is 4.34. The molecule has 7 heteroatoms. The average molecular weight is 285 g/mol. The maximum absolute atomic E-state index is 12.7. The van der Waals surface area contributed by atoms with Gasteiger partial charge in [-0.15, -0.1) is 5.10 Å². The van der Waals surface area contributed by atoms with Gasteiger partial charge in [-0.1, -0.05) is 35.5 Å². The molecule has 0 amide bonds. The van der Waals surface area contributed by atoms with Gasteiger partial charge < -0.3 is 5.11 Å². The van der Waals surface area contributed by atoms with Gasteiger partial charge in [-0.25, -0.2) is 4.68 Å². The number of rotatable bonds is 5. The Balaban J connectivity index is 2.39. The molecule has 0 saturated carbocycles. The molecule has 0 atom stereocenters. The highest BCUT2D eigenvalue weighted by molar-refractivity contribution is 5.61. The van der Waals surface area contributed by atoms with Crippen molar-refractivity contribution in [3.63, 3.8) is 0 Å². The molecule has 1 aromatic carbocycles. The zero-order valence-electron chi connectivity index (χ0n) is 10.6. The normalized spacial score (nSPS) is 11.8. The molecule has 0 aliphatic rings. The summed E-state index contributed by atoms with van der Waals surface area (Å²) in [6.45, 7) is 0.105. The molecule has 4 nitrogen and oxygen atoms in total. The lowest BCUT2D eigenvalue weighted by Gasteiger charge is -2.10. The lowest BCUT2D eigenvalue weighted by Crippen LogP contribution is -2.17. The Kier molecular flexibility index (Phi) is 4.39. The van der Waals surface area contributed by atoms with Crippen molar-refractivity contribution >= 4 is 0 Å². The number of hydrogen-bond acceptors (Lipinski definition) is 3. The molecule has 1 aromatic heterocycles. The molecule has 108 valence electrons. The van der Waals surface area contributed by atoms with Crippen LogP contribution in [0.5, 0.6) is 0 Å². The Morgan fingerprint density at radius 2 is 1.85 bits per heavy atom. The van der Waals surface area contributed by atoms with Crippen LogP contribution in [0.3, 0.4) is 0 Å². The standard InChI is InChI=1S/C13H14F3N3O/c14-13(15,16)9-11-12(10-5-2-1-3-6-10)17-18-19(11)7-4-8-20/h1-3,5-6,20H,4,7-9H2. The minimum Gasteiger partial charge on any atom is -0.396 e. The van der Waals surface area contributed by atoms with Gasteiger partial charge in [0.1, 0.15) is 5.69 Å². The quantitative estimate of drug-likeness (QED) is 0.918. The molecule has 0 bridgehead atoms. The van der Waals surface area contributed by atoms with Crippen molar-refractivity contribution in [3.8, 4) is 11.3 Å². The zero-order valence-corrected chi connectivity index (χ0v) is 10.6. The first kappa shape index (κ1) is 14.5. The van der Waals surface area contributed by atoms with Crippen molar-refractivity contribution in [1.29, 1.82) is 0 Å². The molecular weight excluding hydrogens is 271 g/mol. The highest BCUT2D eigenvalue weighted by atomic mass is 19.4. The first-order valence-corrected chi connectivity index (χ1v) is 6.16. The third-order valence-corrected chi connectivity index (χ3v) is 2.78. The zero-order chi connectivity index (χ0) is 14.6. The summed E-state index contributed by atoms with van der Waals surface area (Å²) in [5, 5.41) is 16.4. The Labute approximate surface area is 113 Å². The molecule has 0 radical (unpaired) electrons. The van der Waals surface area contributed by atoms with Crippen LogP contribution in [0.4, 0.5) is 13.2 Å². The molecule has 20 heavy (non-hydrogen) atoms. The van der Waals surface area contributed by atoms with Crippen LogP contribution in [0.1, 0.15) is 12.1 Å². The lowest BCUT2D eigenvalue weighted by atomic mass is 10.1. The highest BCUT2D eigenvalue weighted by Gasteiger charge is 2.32. The smallest absolute Gasteiger partial charge is 0.394 e. The summed E-state index contributed by atoms with van der Waals surface area (Å²) in [5.74, 6) is 0. The van der Waals surface area contributed by atoms with Crippen LogP contribution >= 0.6 is 0 Å². The predicted molar refractivity (Wildman–Crippen MR) is 66.9 cm³/mol. The maximum Gasteiger partial charge on any atom is 0.394 e. The van der Waals surface area contributed by atoms with Gasteiger partial charge in [0.15, 0.2) is 0 Å². The molecular formula is C13H14F3N3O. The van der Waals surface area contributed by atoms with Crippen LogP contribution in [0.15, 0.2) is 30.3 Å². The van der Waals surface area contributed by atoms with Gasteiger partial charge in [0.2, 0.25) is 0 Å². The van der Waals surface area contributed by atoms with E-state index in [0.29, 0.717) is 12.0 Å². The number of nitrogens with zero attached hydrogens (tertiary/aromatic N) is 3. The third kappa shape index (κ3) is 3.57. The summed E-state index contributed by atoms with van der Waals surface area (Å²) in [6, 6.07) is 8.64. The Hall–Kier alpha value is -1.89. The van der Waals surface area contributed by atoms with Crippen LogP contribution in [0, 0.1) is 0 Å². The van der Waals surface area contributed by atoms with Crippen LogP contribution in [-0.2, 0) is 13.0 Å². The maximum atomic E-state index is 12.7. The van der Waals surface area contributed by atoms with Gasteiger partial charge in [-0.3, -0.25) is 0 Å². The van der Waals surface area contributed by atoms with Gasteiger partial charge in [-0.2, -0.15) is 13.2 Å². The number of benzene rings is 1. The molecule has 0 aliphatic carbocycles. The first-order chi connectivity index (χ1) is 9.51. The minimum atomic E-state index is -4.33. The lowest BCUT2D eigenvalue weighted by molar-refractivity contribution is -0.128. The summed E-state index contributed by atoms with van der Waals surface area (Å²) in [5.41, 5.74) is 0.861. The van der Waals surface area contributed by atoms with E-state index >= 15 is 0 Å². The molecule has 0 spiro atoms. The Bertz CT molecular complexity index is 552. The van der Waals surface area contributed by atoms with Crippen molar-refractivity contribution in [2.75, 3.05) is 6.61 Å². The number of halogens is 3. The molecule has 1 N–H and O–H groups in total. The van der Waals surface area contributed by atoms with Crippen LogP contribution in [-0.4, -0.2) is 32.9 Å². The second kappa shape index (κ2) is 6.04. The van der Waals surface area contributed by atoms with E-state index in [4.69, 9.17) is 5.11 Å². The molecule has 0 unspecified atom stereocenters. The number of aryl methyl sites for hydroxylation is 1. The number of alkyl halides is 3. The SMILES string of the molecule is OCCCn1nnc(-c2ccccc2)c1CC(F)(F)F. The van der Waals surface area contributed by atoms with E-state index < -0.39 is 12.6 Å². The highest BCUT2D eigenvalue weighted by Crippen LogP contribution is 2.28. The molecule has 0 saturated heterocycles. The summed E-state index contributed by atoms with van der Waals surface area (Å²) in [6.07, 6.45) is -5.08. The number of aromatic nitrogens is 3. The van der Waals surface area contributed by atoms with Crippen molar-refractivity contribution < 1.29 is 18.3 Å². The summed E-state index contributed by atoms with van der Waals surface area (Å²) < 4.78 is 39.3. The number of aliphatic hydroxyl groups excluding tert-OH is 1. The molecule has 2 rings (SSSR count). The number of hydrogen-bond donors (Lipinski definition) is 1. The average Bonchev–Trinajstić information content (AvgIpc) is 2.78. The van der Waals surface area contributed by atoms with Gasteiger partial charge in [0.05, 0.1) is 12.1 Å². The first-order valence-electron chi connectivity index (χ1n) is 6.16. The molecule has 1 heterocycles. The summed E-state index contributed by atoms with van der Waals surface area (Å²) in [7, 11) is 0. The van der Waals surface area contributed by atoms with Gasteiger partial charge >= 0.3 is 6.18 Å². The van der Waals surface area contributed by atoms with E-state index in [-0.39, 0.29) is 24.5 Å². The van der Waals surface area contributed by atoms with E-state index in [0.717, 1.165) is 0 Å². The van der Waals surface area contributed by atoms with E-state index in [1.165, 1.54) is 4.68 Å². The van der Waals surface area contributed by atoms with Crippen molar-refractivity contribution in [2.24, 2.45) is 0 Å². The largest absolute Gasteiger partial charge is 0.396 e. The molecule has 0 aliphatic heterocycles. The van der Waals surface area contributed by atoms with E-state index in [2.05, 4.69) is 10.3 Å². The van der Waals surface area contributed by atoms with E-state index in [1.807, 2.05) is 0 Å². The monoisotopic (exact) mass is 285 g/mol. The fourth-order valence-electron chi connectivity index (χ4n) is 1.92. The van der Waals surface area contributed by atoms with E-state index in [9.17, 15) is 13.2 Å². The van der Waals surface area contributed by atoms with Gasteiger partial charge in [-0.05, 0) is 6.42 Å². The van der Waals surface area contributed by atoms with Crippen molar-refractivity contribution in [3.05, 3.63) is 36.0 Å². The van der Waals surface area contributed by atoms with Crippen molar-refractivity contribution in [2.45, 2.75) is 25.6 Å². The fourth-order valence-corrected chi connectivity index (χ4v) is 1.92. The molecule has 0 fully saturated rings. The minimum absolute atomic E-state index is 0.0251.